The number of aromatic nitrogens is 2. The standard InChI is InChI=1S/C27H26BrN3O5/c1-4-17-6-8-18(9-7-17)27(33)36-21-12-10-19(14-22(21)34-3)25-26(29-15-24(32)35-5-2)31-16-20(28)11-13-23(31)30-25/h6-14,16,29H,4-5,15H2,1-3H3. The van der Waals surface area contributed by atoms with Crippen molar-refractivity contribution in [3.05, 3.63) is 76.4 Å². The molecule has 2 aromatic carbocycles. The summed E-state index contributed by atoms with van der Waals surface area (Å²) in [6.45, 7) is 4.09. The smallest absolute Gasteiger partial charge is 0.343 e. The molecule has 0 bridgehead atoms. The second-order valence-corrected chi connectivity index (χ2v) is 8.76. The highest BCUT2D eigenvalue weighted by Crippen LogP contribution is 2.36. The zero-order valence-corrected chi connectivity index (χ0v) is 21.8. The number of hydrogen-bond acceptors (Lipinski definition) is 7. The van der Waals surface area contributed by atoms with Gasteiger partial charge in [-0.1, -0.05) is 19.1 Å². The lowest BCUT2D eigenvalue weighted by atomic mass is 10.1. The van der Waals surface area contributed by atoms with Crippen LogP contribution in [0.5, 0.6) is 11.5 Å². The van der Waals surface area contributed by atoms with Crippen LogP contribution in [0.3, 0.4) is 0 Å². The molecule has 0 aliphatic heterocycles. The lowest BCUT2D eigenvalue weighted by molar-refractivity contribution is -0.140. The first kappa shape index (κ1) is 25.2. The quantitative estimate of drug-likeness (QED) is 0.216. The summed E-state index contributed by atoms with van der Waals surface area (Å²) in [4.78, 5) is 29.4. The maximum atomic E-state index is 12.7. The first-order valence-corrected chi connectivity index (χ1v) is 12.3. The Bertz CT molecular complexity index is 1400. The van der Waals surface area contributed by atoms with Crippen molar-refractivity contribution in [1.29, 1.82) is 0 Å². The molecule has 186 valence electrons. The van der Waals surface area contributed by atoms with Crippen molar-refractivity contribution in [3.8, 4) is 22.8 Å². The van der Waals surface area contributed by atoms with E-state index >= 15 is 0 Å². The van der Waals surface area contributed by atoms with E-state index in [1.807, 2.05) is 34.9 Å². The van der Waals surface area contributed by atoms with Crippen molar-refractivity contribution in [2.45, 2.75) is 20.3 Å². The van der Waals surface area contributed by atoms with Crippen LogP contribution in [-0.4, -0.2) is 41.6 Å². The van der Waals surface area contributed by atoms with E-state index in [2.05, 4.69) is 28.2 Å². The number of esters is 2. The van der Waals surface area contributed by atoms with Crippen molar-refractivity contribution < 1.29 is 23.8 Å². The first-order chi connectivity index (χ1) is 17.4. The number of carbonyl (C=O) groups excluding carboxylic acids is 2. The fourth-order valence-corrected chi connectivity index (χ4v) is 4.03. The highest BCUT2D eigenvalue weighted by molar-refractivity contribution is 9.10. The summed E-state index contributed by atoms with van der Waals surface area (Å²) in [6, 6.07) is 16.3. The Morgan fingerprint density at radius 1 is 1.03 bits per heavy atom. The molecule has 4 rings (SSSR count). The van der Waals surface area contributed by atoms with Gasteiger partial charge in [0.15, 0.2) is 11.5 Å². The minimum atomic E-state index is -0.474. The third kappa shape index (κ3) is 5.52. The van der Waals surface area contributed by atoms with Gasteiger partial charge in [0.05, 0.1) is 19.3 Å². The van der Waals surface area contributed by atoms with Crippen molar-refractivity contribution in [3.63, 3.8) is 0 Å². The summed E-state index contributed by atoms with van der Waals surface area (Å²) in [6.07, 6.45) is 2.75. The predicted octanol–water partition coefficient (Wildman–Crippen LogP) is 5.53. The SMILES string of the molecule is CCOC(=O)CNc1c(-c2ccc(OC(=O)c3ccc(CC)cc3)c(OC)c2)nc2ccc(Br)cn12. The van der Waals surface area contributed by atoms with Crippen LogP contribution in [0.1, 0.15) is 29.8 Å². The Hall–Kier alpha value is -3.85. The minimum Gasteiger partial charge on any atom is -0.493 e. The summed E-state index contributed by atoms with van der Waals surface area (Å²) in [5.41, 5.74) is 3.59. The molecular weight excluding hydrogens is 526 g/mol. The van der Waals surface area contributed by atoms with E-state index in [0.29, 0.717) is 46.4 Å². The number of pyridine rings is 1. The number of imidazole rings is 1. The Morgan fingerprint density at radius 3 is 2.50 bits per heavy atom. The molecule has 0 atom stereocenters. The lowest BCUT2D eigenvalue weighted by Crippen LogP contribution is -2.17. The molecule has 0 saturated carbocycles. The number of fused-ring (bicyclic) bond motifs is 1. The summed E-state index contributed by atoms with van der Waals surface area (Å²) in [7, 11) is 1.51. The molecule has 4 aromatic rings. The van der Waals surface area contributed by atoms with Crippen LogP contribution in [0.15, 0.2) is 65.3 Å². The Morgan fingerprint density at radius 2 is 1.81 bits per heavy atom. The number of nitrogens with zero attached hydrogens (tertiary/aromatic N) is 2. The van der Waals surface area contributed by atoms with E-state index in [0.717, 1.165) is 16.5 Å². The van der Waals surface area contributed by atoms with Gasteiger partial charge in [-0.15, -0.1) is 0 Å². The molecular formula is C27H26BrN3O5. The molecule has 2 heterocycles. The van der Waals surface area contributed by atoms with Gasteiger partial charge in [0.25, 0.3) is 0 Å². The number of ether oxygens (including phenoxy) is 3. The Kier molecular flexibility index (Phi) is 7.90. The second kappa shape index (κ2) is 11.3. The summed E-state index contributed by atoms with van der Waals surface area (Å²) in [5.74, 6) is 0.430. The summed E-state index contributed by atoms with van der Waals surface area (Å²) in [5, 5.41) is 3.14. The average Bonchev–Trinajstić information content (AvgIpc) is 3.25. The van der Waals surface area contributed by atoms with Crippen molar-refractivity contribution in [1.82, 2.24) is 9.38 Å². The van der Waals surface area contributed by atoms with Crippen LogP contribution in [0.25, 0.3) is 16.9 Å². The number of methoxy groups -OCH3 is 1. The van der Waals surface area contributed by atoms with Gasteiger partial charge >= 0.3 is 11.9 Å². The molecule has 0 unspecified atom stereocenters. The van der Waals surface area contributed by atoms with Gasteiger partial charge in [0.2, 0.25) is 0 Å². The average molecular weight is 552 g/mol. The molecule has 0 spiro atoms. The molecule has 2 aromatic heterocycles. The predicted molar refractivity (Wildman–Crippen MR) is 141 cm³/mol. The molecule has 1 N–H and O–H groups in total. The fraction of sp³-hybridized carbons (Fsp3) is 0.222. The van der Waals surface area contributed by atoms with E-state index in [4.69, 9.17) is 19.2 Å². The third-order valence-corrected chi connectivity index (χ3v) is 5.99. The number of nitrogens with one attached hydrogen (secondary N) is 1. The minimum absolute atomic E-state index is 0.0230. The van der Waals surface area contributed by atoms with Crippen LogP contribution >= 0.6 is 15.9 Å². The molecule has 8 nitrogen and oxygen atoms in total. The van der Waals surface area contributed by atoms with E-state index < -0.39 is 5.97 Å². The topological polar surface area (TPSA) is 91.2 Å². The zero-order chi connectivity index (χ0) is 25.7. The summed E-state index contributed by atoms with van der Waals surface area (Å²) < 4.78 is 18.9. The van der Waals surface area contributed by atoms with Gasteiger partial charge in [-0.05, 0) is 77.3 Å². The molecule has 0 radical (unpaired) electrons. The largest absolute Gasteiger partial charge is 0.493 e. The van der Waals surface area contributed by atoms with Gasteiger partial charge in [-0.2, -0.15) is 0 Å². The van der Waals surface area contributed by atoms with Gasteiger partial charge < -0.3 is 19.5 Å². The number of hydrogen-bond donors (Lipinski definition) is 1. The lowest BCUT2D eigenvalue weighted by Gasteiger charge is -2.12. The van der Waals surface area contributed by atoms with Crippen LogP contribution in [0, 0.1) is 0 Å². The number of aryl methyl sites for hydroxylation is 1. The number of anilines is 1. The van der Waals surface area contributed by atoms with E-state index in [9.17, 15) is 9.59 Å². The van der Waals surface area contributed by atoms with Crippen molar-refractivity contribution >= 4 is 39.3 Å². The molecule has 36 heavy (non-hydrogen) atoms. The maximum Gasteiger partial charge on any atom is 0.343 e. The van der Waals surface area contributed by atoms with Crippen molar-refractivity contribution in [2.24, 2.45) is 0 Å². The molecule has 0 aliphatic carbocycles. The highest BCUT2D eigenvalue weighted by atomic mass is 79.9. The molecule has 0 aliphatic rings. The number of carbonyl (C=O) groups is 2. The van der Waals surface area contributed by atoms with Gasteiger partial charge in [0, 0.05) is 16.2 Å². The molecule has 0 amide bonds. The molecule has 0 fully saturated rings. The number of benzene rings is 2. The molecule has 9 heteroatoms. The fourth-order valence-electron chi connectivity index (χ4n) is 3.69. The highest BCUT2D eigenvalue weighted by Gasteiger charge is 2.19. The molecule has 0 saturated heterocycles. The van der Waals surface area contributed by atoms with Crippen LogP contribution in [0.2, 0.25) is 0 Å². The van der Waals surface area contributed by atoms with E-state index in [-0.39, 0.29) is 12.5 Å². The van der Waals surface area contributed by atoms with E-state index in [1.165, 1.54) is 7.11 Å². The third-order valence-electron chi connectivity index (χ3n) is 5.53. The normalized spacial score (nSPS) is 10.8. The van der Waals surface area contributed by atoms with Gasteiger partial charge in [-0.3, -0.25) is 9.20 Å². The Labute approximate surface area is 217 Å². The van der Waals surface area contributed by atoms with Crippen LogP contribution < -0.4 is 14.8 Å². The Balaban J connectivity index is 1.66. The number of halogens is 1. The zero-order valence-electron chi connectivity index (χ0n) is 20.2. The van der Waals surface area contributed by atoms with Crippen LogP contribution in [-0.2, 0) is 16.0 Å². The summed E-state index contributed by atoms with van der Waals surface area (Å²) >= 11 is 3.48. The first-order valence-electron chi connectivity index (χ1n) is 11.5. The van der Waals surface area contributed by atoms with Crippen LogP contribution in [0.4, 0.5) is 5.82 Å². The van der Waals surface area contributed by atoms with Gasteiger partial charge in [0.1, 0.15) is 23.7 Å². The monoisotopic (exact) mass is 551 g/mol. The number of rotatable bonds is 9. The maximum absolute atomic E-state index is 12.7. The van der Waals surface area contributed by atoms with Crippen molar-refractivity contribution in [2.75, 3.05) is 25.6 Å². The van der Waals surface area contributed by atoms with Gasteiger partial charge in [-0.25, -0.2) is 9.78 Å². The second-order valence-electron chi connectivity index (χ2n) is 7.85. The van der Waals surface area contributed by atoms with E-state index in [1.54, 1.807) is 37.3 Å².